The molecule has 0 saturated heterocycles. The molecule has 0 unspecified atom stereocenters. The maximum atomic E-state index is 12.3. The standard InChI is InChI=1S/C18H18Cl2N2O3/c1-2-9-22(18(24)8-6-14-4-3-10-25-14)12-17(23)21-16-7-5-13(19)11-15(16)20/h3-8,10-11H,2,9,12H2,1H3,(H,21,23). The van der Waals surface area contributed by atoms with E-state index in [1.807, 2.05) is 6.92 Å². The molecule has 7 heteroatoms. The Labute approximate surface area is 156 Å². The highest BCUT2D eigenvalue weighted by Gasteiger charge is 2.15. The minimum Gasteiger partial charge on any atom is -0.465 e. The van der Waals surface area contributed by atoms with Gasteiger partial charge in [-0.25, -0.2) is 0 Å². The van der Waals surface area contributed by atoms with Crippen molar-refractivity contribution in [2.75, 3.05) is 18.4 Å². The largest absolute Gasteiger partial charge is 0.465 e. The van der Waals surface area contributed by atoms with Crippen LogP contribution < -0.4 is 5.32 Å². The van der Waals surface area contributed by atoms with Gasteiger partial charge in [-0.1, -0.05) is 30.1 Å². The Morgan fingerprint density at radius 2 is 2.08 bits per heavy atom. The van der Waals surface area contributed by atoms with Crippen molar-refractivity contribution in [3.05, 3.63) is 58.5 Å². The Kier molecular flexibility index (Phi) is 7.10. The monoisotopic (exact) mass is 380 g/mol. The van der Waals surface area contributed by atoms with Gasteiger partial charge in [-0.2, -0.15) is 0 Å². The third-order valence-electron chi connectivity index (χ3n) is 3.28. The van der Waals surface area contributed by atoms with Crippen LogP contribution in [-0.2, 0) is 9.59 Å². The summed E-state index contributed by atoms with van der Waals surface area (Å²) in [5.41, 5.74) is 0.450. The van der Waals surface area contributed by atoms with Crippen molar-refractivity contribution in [3.8, 4) is 0 Å². The predicted molar refractivity (Wildman–Crippen MR) is 99.7 cm³/mol. The number of amides is 2. The lowest BCUT2D eigenvalue weighted by atomic mass is 10.3. The van der Waals surface area contributed by atoms with Gasteiger partial charge in [0, 0.05) is 17.6 Å². The summed E-state index contributed by atoms with van der Waals surface area (Å²) in [5.74, 6) is -0.0322. The number of carbonyl (C=O) groups is 2. The van der Waals surface area contributed by atoms with Crippen LogP contribution in [0.1, 0.15) is 19.1 Å². The number of hydrogen-bond donors (Lipinski definition) is 1. The molecule has 0 aliphatic carbocycles. The number of benzene rings is 1. The summed E-state index contributed by atoms with van der Waals surface area (Å²) >= 11 is 11.9. The van der Waals surface area contributed by atoms with Crippen LogP contribution in [0.5, 0.6) is 0 Å². The van der Waals surface area contributed by atoms with Gasteiger partial charge in [0.1, 0.15) is 12.3 Å². The minimum atomic E-state index is -0.336. The quantitative estimate of drug-likeness (QED) is 0.720. The van der Waals surface area contributed by atoms with Crippen molar-refractivity contribution in [2.45, 2.75) is 13.3 Å². The molecule has 2 aromatic rings. The Bertz CT molecular complexity index is 758. The molecule has 5 nitrogen and oxygen atoms in total. The number of nitrogens with zero attached hydrogens (tertiary/aromatic N) is 1. The van der Waals surface area contributed by atoms with Gasteiger partial charge in [0.15, 0.2) is 0 Å². The number of halogens is 2. The van der Waals surface area contributed by atoms with E-state index in [1.54, 1.807) is 36.4 Å². The molecule has 132 valence electrons. The fourth-order valence-corrected chi connectivity index (χ4v) is 2.59. The first-order chi connectivity index (χ1) is 12.0. The lowest BCUT2D eigenvalue weighted by Gasteiger charge is -2.20. The van der Waals surface area contributed by atoms with Crippen molar-refractivity contribution >= 4 is 46.8 Å². The van der Waals surface area contributed by atoms with Crippen LogP contribution in [-0.4, -0.2) is 29.8 Å². The predicted octanol–water partition coefficient (Wildman–Crippen LogP) is 4.48. The molecule has 1 N–H and O–H groups in total. The molecule has 0 radical (unpaired) electrons. The second-order valence-corrected chi connectivity index (χ2v) is 6.12. The Morgan fingerprint density at radius 1 is 1.28 bits per heavy atom. The van der Waals surface area contributed by atoms with Gasteiger partial charge in [0.2, 0.25) is 11.8 Å². The van der Waals surface area contributed by atoms with Crippen molar-refractivity contribution < 1.29 is 14.0 Å². The molecule has 25 heavy (non-hydrogen) atoms. The molecule has 2 amide bonds. The number of furan rings is 1. The van der Waals surface area contributed by atoms with Crippen molar-refractivity contribution in [3.63, 3.8) is 0 Å². The van der Waals surface area contributed by atoms with Gasteiger partial charge in [-0.05, 0) is 42.8 Å². The van der Waals surface area contributed by atoms with Crippen LogP contribution >= 0.6 is 23.2 Å². The first kappa shape index (κ1) is 19.1. The van der Waals surface area contributed by atoms with Crippen LogP contribution in [0.2, 0.25) is 10.0 Å². The first-order valence-electron chi connectivity index (χ1n) is 7.75. The van der Waals surface area contributed by atoms with Crippen LogP contribution in [0, 0.1) is 0 Å². The van der Waals surface area contributed by atoms with E-state index in [4.69, 9.17) is 27.6 Å². The number of rotatable bonds is 7. The van der Waals surface area contributed by atoms with E-state index in [2.05, 4.69) is 5.32 Å². The molecular weight excluding hydrogens is 363 g/mol. The van der Waals surface area contributed by atoms with Gasteiger partial charge in [-0.15, -0.1) is 0 Å². The van der Waals surface area contributed by atoms with Crippen LogP contribution in [0.4, 0.5) is 5.69 Å². The summed E-state index contributed by atoms with van der Waals surface area (Å²) in [5, 5.41) is 3.50. The van der Waals surface area contributed by atoms with Crippen molar-refractivity contribution in [1.29, 1.82) is 0 Å². The molecular formula is C18H18Cl2N2O3. The van der Waals surface area contributed by atoms with E-state index in [0.29, 0.717) is 28.0 Å². The number of hydrogen-bond acceptors (Lipinski definition) is 3. The molecule has 0 fully saturated rings. The first-order valence-corrected chi connectivity index (χ1v) is 8.50. The number of carbonyl (C=O) groups excluding carboxylic acids is 2. The summed E-state index contributed by atoms with van der Waals surface area (Å²) in [4.78, 5) is 26.0. The molecule has 0 spiro atoms. The zero-order valence-electron chi connectivity index (χ0n) is 13.7. The van der Waals surface area contributed by atoms with Gasteiger partial charge >= 0.3 is 0 Å². The van der Waals surface area contributed by atoms with E-state index in [1.165, 1.54) is 17.2 Å². The summed E-state index contributed by atoms with van der Waals surface area (Å²) in [6, 6.07) is 8.26. The summed E-state index contributed by atoms with van der Waals surface area (Å²) in [6.07, 6.45) is 5.21. The maximum absolute atomic E-state index is 12.3. The zero-order valence-corrected chi connectivity index (χ0v) is 15.2. The zero-order chi connectivity index (χ0) is 18.2. The van der Waals surface area contributed by atoms with E-state index in [9.17, 15) is 9.59 Å². The lowest BCUT2D eigenvalue weighted by Crippen LogP contribution is -2.37. The fraction of sp³-hybridized carbons (Fsp3) is 0.222. The van der Waals surface area contributed by atoms with E-state index >= 15 is 0 Å². The minimum absolute atomic E-state index is 0.0753. The molecule has 1 aromatic carbocycles. The normalized spacial score (nSPS) is 10.8. The molecule has 0 bridgehead atoms. The maximum Gasteiger partial charge on any atom is 0.247 e. The second-order valence-electron chi connectivity index (χ2n) is 5.28. The van der Waals surface area contributed by atoms with Gasteiger partial charge in [0.05, 0.1) is 17.0 Å². The fourth-order valence-electron chi connectivity index (χ4n) is 2.14. The van der Waals surface area contributed by atoms with Crippen LogP contribution in [0.25, 0.3) is 6.08 Å². The molecule has 0 atom stereocenters. The van der Waals surface area contributed by atoms with Gasteiger partial charge in [0.25, 0.3) is 0 Å². The van der Waals surface area contributed by atoms with E-state index < -0.39 is 0 Å². The summed E-state index contributed by atoms with van der Waals surface area (Å²) in [7, 11) is 0. The SMILES string of the molecule is CCCN(CC(=O)Nc1ccc(Cl)cc1Cl)C(=O)C=Cc1ccco1. The van der Waals surface area contributed by atoms with E-state index in [0.717, 1.165) is 6.42 Å². The molecule has 0 aliphatic rings. The van der Waals surface area contributed by atoms with Crippen LogP contribution in [0.3, 0.4) is 0 Å². The number of anilines is 1. The average molecular weight is 381 g/mol. The van der Waals surface area contributed by atoms with Gasteiger partial charge < -0.3 is 14.6 Å². The van der Waals surface area contributed by atoms with E-state index in [-0.39, 0.29) is 18.4 Å². The van der Waals surface area contributed by atoms with Gasteiger partial charge in [-0.3, -0.25) is 9.59 Å². The molecule has 1 aromatic heterocycles. The second kappa shape index (κ2) is 9.30. The molecule has 2 rings (SSSR count). The Hall–Kier alpha value is -2.24. The van der Waals surface area contributed by atoms with Crippen LogP contribution in [0.15, 0.2) is 47.1 Å². The average Bonchev–Trinajstić information content (AvgIpc) is 3.08. The molecule has 0 saturated carbocycles. The number of nitrogens with one attached hydrogen (secondary N) is 1. The van der Waals surface area contributed by atoms with Crippen molar-refractivity contribution in [1.82, 2.24) is 4.90 Å². The summed E-state index contributed by atoms with van der Waals surface area (Å²) in [6.45, 7) is 2.32. The summed E-state index contributed by atoms with van der Waals surface area (Å²) < 4.78 is 5.14. The molecule has 1 heterocycles. The lowest BCUT2D eigenvalue weighted by molar-refractivity contribution is -0.130. The highest BCUT2D eigenvalue weighted by molar-refractivity contribution is 6.36. The highest BCUT2D eigenvalue weighted by atomic mass is 35.5. The topological polar surface area (TPSA) is 62.6 Å². The molecule has 0 aliphatic heterocycles. The third kappa shape index (κ3) is 5.96. The third-order valence-corrected chi connectivity index (χ3v) is 3.83. The highest BCUT2D eigenvalue weighted by Crippen LogP contribution is 2.25. The Balaban J connectivity index is 1.99. The Morgan fingerprint density at radius 3 is 2.72 bits per heavy atom. The van der Waals surface area contributed by atoms with Crippen molar-refractivity contribution in [2.24, 2.45) is 0 Å². The smallest absolute Gasteiger partial charge is 0.247 e.